The highest BCUT2D eigenvalue weighted by Crippen LogP contribution is 2.25. The van der Waals surface area contributed by atoms with Crippen LogP contribution in [0.2, 0.25) is 0 Å². The number of hydrogen-bond donors (Lipinski definition) is 2. The predicted octanol–water partition coefficient (Wildman–Crippen LogP) is 3.35. The summed E-state index contributed by atoms with van der Waals surface area (Å²) >= 11 is 1.34. The lowest BCUT2D eigenvalue weighted by Gasteiger charge is -2.15. The molecule has 0 spiro atoms. The third kappa shape index (κ3) is 3.40. The van der Waals surface area contributed by atoms with Crippen LogP contribution in [0.1, 0.15) is 21.7 Å². The van der Waals surface area contributed by atoms with Gasteiger partial charge in [0.15, 0.2) is 10.8 Å². The third-order valence-corrected chi connectivity index (χ3v) is 5.90. The smallest absolute Gasteiger partial charge is 0.337 e. The van der Waals surface area contributed by atoms with Gasteiger partial charge in [0, 0.05) is 0 Å². The van der Waals surface area contributed by atoms with Crippen molar-refractivity contribution in [2.45, 2.75) is 17.8 Å². The first-order valence-corrected chi connectivity index (χ1v) is 10.6. The largest absolute Gasteiger partial charge is 0.478 e. The molecule has 0 radical (unpaired) electrons. The highest BCUT2D eigenvalue weighted by molar-refractivity contribution is 7.98. The van der Waals surface area contributed by atoms with E-state index >= 15 is 0 Å². The number of hydrogen-bond acceptors (Lipinski definition) is 7. The second kappa shape index (κ2) is 7.89. The number of aromatic nitrogens is 6. The number of rotatable bonds is 5. The van der Waals surface area contributed by atoms with Gasteiger partial charge in [-0.15, -0.1) is 0 Å². The maximum absolute atomic E-state index is 13.6. The third-order valence-electron chi connectivity index (χ3n) is 5.03. The Balaban J connectivity index is 1.68. The second-order valence-electron chi connectivity index (χ2n) is 7.05. The van der Waals surface area contributed by atoms with E-state index in [1.54, 1.807) is 30.5 Å². The predicted molar refractivity (Wildman–Crippen MR) is 120 cm³/mol. The monoisotopic (exact) mass is 444 g/mol. The molecule has 3 aromatic heterocycles. The summed E-state index contributed by atoms with van der Waals surface area (Å²) in [7, 11) is 0. The Morgan fingerprint density at radius 3 is 2.81 bits per heavy atom. The Labute approximate surface area is 185 Å². The fourth-order valence-corrected chi connectivity index (χ4v) is 4.37. The van der Waals surface area contributed by atoms with E-state index in [0.717, 1.165) is 5.56 Å². The Hall–Kier alpha value is -4.05. The molecule has 2 N–H and O–H groups in total. The minimum Gasteiger partial charge on any atom is -0.478 e. The van der Waals surface area contributed by atoms with Crippen LogP contribution in [0.15, 0.2) is 64.9 Å². The summed E-state index contributed by atoms with van der Waals surface area (Å²) < 4.78 is 1.38. The van der Waals surface area contributed by atoms with Crippen molar-refractivity contribution in [1.29, 1.82) is 0 Å². The van der Waals surface area contributed by atoms with Gasteiger partial charge >= 0.3 is 5.97 Å². The molecule has 0 saturated carbocycles. The topological polar surface area (TPSA) is 127 Å². The minimum atomic E-state index is -1.12. The molecule has 32 heavy (non-hydrogen) atoms. The number of nitrogens with zero attached hydrogens (tertiary/aromatic N) is 5. The van der Waals surface area contributed by atoms with Crippen LogP contribution in [-0.4, -0.2) is 40.6 Å². The van der Waals surface area contributed by atoms with Crippen molar-refractivity contribution >= 4 is 39.8 Å². The highest BCUT2D eigenvalue weighted by Gasteiger charge is 2.19. The van der Waals surface area contributed by atoms with Crippen molar-refractivity contribution in [3.05, 3.63) is 82.3 Å². The lowest BCUT2D eigenvalue weighted by atomic mass is 10.1. The Morgan fingerprint density at radius 1 is 1.16 bits per heavy atom. The molecule has 0 bridgehead atoms. The molecule has 5 aromatic rings. The van der Waals surface area contributed by atoms with E-state index in [9.17, 15) is 14.7 Å². The summed E-state index contributed by atoms with van der Waals surface area (Å²) in [6, 6.07) is 11.9. The van der Waals surface area contributed by atoms with E-state index in [4.69, 9.17) is 4.98 Å². The zero-order valence-electron chi connectivity index (χ0n) is 16.8. The van der Waals surface area contributed by atoms with E-state index in [1.165, 1.54) is 28.7 Å². The van der Waals surface area contributed by atoms with Gasteiger partial charge in [0.2, 0.25) is 0 Å². The number of benzene rings is 2. The van der Waals surface area contributed by atoms with Crippen LogP contribution >= 0.6 is 11.8 Å². The van der Waals surface area contributed by atoms with Gasteiger partial charge in [-0.1, -0.05) is 36.0 Å². The zero-order chi connectivity index (χ0) is 22.2. The SMILES string of the molecule is Cc1cccc2nc(CSc3nc4ncncc4[nH]3)n(-c3ccccc3C(=O)O)c(=O)c12. The number of carbonyl (C=O) groups is 1. The maximum Gasteiger partial charge on any atom is 0.337 e. The molecule has 10 heteroatoms. The van der Waals surface area contributed by atoms with Crippen molar-refractivity contribution in [3.63, 3.8) is 0 Å². The summed E-state index contributed by atoms with van der Waals surface area (Å²) in [4.78, 5) is 45.8. The lowest BCUT2D eigenvalue weighted by molar-refractivity contribution is 0.0697. The van der Waals surface area contributed by atoms with Crippen molar-refractivity contribution in [2.24, 2.45) is 0 Å². The molecule has 0 unspecified atom stereocenters. The first kappa shape index (κ1) is 19.9. The van der Waals surface area contributed by atoms with Gasteiger partial charge in [-0.3, -0.25) is 9.36 Å². The number of imidazole rings is 1. The molecule has 0 amide bonds. The summed E-state index contributed by atoms with van der Waals surface area (Å²) in [5.41, 5.74) is 2.56. The molecule has 0 fully saturated rings. The Kier molecular flexibility index (Phi) is 4.91. The van der Waals surface area contributed by atoms with Crippen molar-refractivity contribution in [1.82, 2.24) is 29.5 Å². The normalized spacial score (nSPS) is 11.3. The molecule has 2 aromatic carbocycles. The van der Waals surface area contributed by atoms with E-state index < -0.39 is 5.97 Å². The van der Waals surface area contributed by atoms with E-state index in [1.807, 2.05) is 19.1 Å². The van der Waals surface area contributed by atoms with Crippen LogP contribution in [0.3, 0.4) is 0 Å². The maximum atomic E-state index is 13.6. The number of nitrogens with one attached hydrogen (secondary N) is 1. The number of aromatic carboxylic acids is 1. The highest BCUT2D eigenvalue weighted by atomic mass is 32.2. The second-order valence-corrected chi connectivity index (χ2v) is 8.01. The molecule has 158 valence electrons. The molecule has 0 aliphatic carbocycles. The average molecular weight is 444 g/mol. The van der Waals surface area contributed by atoms with E-state index in [2.05, 4.69) is 19.9 Å². The van der Waals surface area contributed by atoms with Gasteiger partial charge in [0.05, 0.1) is 34.1 Å². The number of aromatic amines is 1. The molecule has 0 aliphatic heterocycles. The van der Waals surface area contributed by atoms with Gasteiger partial charge in [-0.25, -0.2) is 24.7 Å². The standard InChI is InChI=1S/C22H16N6O3S/c1-12-5-4-7-14-18(12)20(29)28(16-8-3-2-6-13(16)21(30)31)17(25-14)10-32-22-26-15-9-23-11-24-19(15)27-22/h2-9,11H,10H2,1H3,(H,30,31)(H,23,24,26,27). The molecule has 0 aliphatic rings. The van der Waals surface area contributed by atoms with Crippen LogP contribution in [0.25, 0.3) is 27.8 Å². The van der Waals surface area contributed by atoms with Gasteiger partial charge in [0.25, 0.3) is 5.56 Å². The first-order chi connectivity index (χ1) is 15.5. The summed E-state index contributed by atoms with van der Waals surface area (Å²) in [5, 5.41) is 10.7. The summed E-state index contributed by atoms with van der Waals surface area (Å²) in [5.74, 6) is -0.425. The van der Waals surface area contributed by atoms with Crippen molar-refractivity contribution in [2.75, 3.05) is 0 Å². The van der Waals surface area contributed by atoms with Crippen LogP contribution in [-0.2, 0) is 5.75 Å². The van der Waals surface area contributed by atoms with Gasteiger partial charge in [-0.05, 0) is 30.7 Å². The fourth-order valence-electron chi connectivity index (χ4n) is 3.58. The number of thioether (sulfide) groups is 1. The summed E-state index contributed by atoms with van der Waals surface area (Å²) in [6.45, 7) is 1.84. The van der Waals surface area contributed by atoms with E-state index in [-0.39, 0.29) is 22.6 Å². The van der Waals surface area contributed by atoms with Crippen molar-refractivity contribution < 1.29 is 9.90 Å². The van der Waals surface area contributed by atoms with Crippen LogP contribution in [0.4, 0.5) is 0 Å². The van der Waals surface area contributed by atoms with E-state index in [0.29, 0.717) is 33.0 Å². The summed E-state index contributed by atoms with van der Waals surface area (Å²) in [6.07, 6.45) is 3.06. The number of carboxylic acid groups (broad SMARTS) is 1. The first-order valence-electron chi connectivity index (χ1n) is 9.65. The van der Waals surface area contributed by atoms with Gasteiger partial charge in [0.1, 0.15) is 17.7 Å². The number of H-pyrrole nitrogens is 1. The number of aryl methyl sites for hydroxylation is 1. The quantitative estimate of drug-likeness (QED) is 0.395. The minimum absolute atomic E-state index is 0.0228. The lowest BCUT2D eigenvalue weighted by Crippen LogP contribution is -2.26. The number of fused-ring (bicyclic) bond motifs is 2. The molecular weight excluding hydrogens is 428 g/mol. The van der Waals surface area contributed by atoms with Crippen molar-refractivity contribution in [3.8, 4) is 5.69 Å². The number of para-hydroxylation sites is 1. The van der Waals surface area contributed by atoms with Gasteiger partial charge in [-0.2, -0.15) is 0 Å². The molecule has 5 rings (SSSR count). The molecule has 3 heterocycles. The molecule has 0 saturated heterocycles. The average Bonchev–Trinajstić information content (AvgIpc) is 3.21. The zero-order valence-corrected chi connectivity index (χ0v) is 17.6. The fraction of sp³-hybridized carbons (Fsp3) is 0.0909. The van der Waals surface area contributed by atoms with Gasteiger partial charge < -0.3 is 10.1 Å². The number of carboxylic acids is 1. The van der Waals surface area contributed by atoms with Crippen LogP contribution < -0.4 is 5.56 Å². The Morgan fingerprint density at radius 2 is 2.00 bits per heavy atom. The molecule has 0 atom stereocenters. The van der Waals surface area contributed by atoms with Crippen LogP contribution in [0, 0.1) is 6.92 Å². The molecular formula is C22H16N6O3S. The van der Waals surface area contributed by atoms with Crippen LogP contribution in [0.5, 0.6) is 0 Å². The molecule has 9 nitrogen and oxygen atoms in total. The Bertz CT molecular complexity index is 1530.